The third kappa shape index (κ3) is 4.70. The smallest absolute Gasteiger partial charge is 0.228 e. The van der Waals surface area contributed by atoms with Crippen molar-refractivity contribution in [1.29, 1.82) is 0 Å². The van der Waals surface area contributed by atoms with Crippen molar-refractivity contribution in [3.63, 3.8) is 0 Å². The minimum absolute atomic E-state index is 0. The summed E-state index contributed by atoms with van der Waals surface area (Å²) in [6, 6.07) is 10.6. The van der Waals surface area contributed by atoms with Crippen LogP contribution in [0, 0.1) is 0 Å². The lowest BCUT2D eigenvalue weighted by molar-refractivity contribution is -0.115. The van der Waals surface area contributed by atoms with Gasteiger partial charge in [0.1, 0.15) is 0 Å². The summed E-state index contributed by atoms with van der Waals surface area (Å²) in [6.07, 6.45) is 0.224. The number of carbonyl (C=O) groups is 1. The van der Waals surface area contributed by atoms with Gasteiger partial charge in [0, 0.05) is 23.5 Å². The minimum Gasteiger partial charge on any atom is -0.493 e. The van der Waals surface area contributed by atoms with Crippen LogP contribution in [-0.4, -0.2) is 27.2 Å². The van der Waals surface area contributed by atoms with E-state index in [1.807, 2.05) is 12.1 Å². The number of halogens is 1. The van der Waals surface area contributed by atoms with E-state index in [2.05, 4.69) is 5.32 Å². The average molecular weight is 353 g/mol. The molecule has 1 amide bonds. The minimum atomic E-state index is -0.162. The maximum Gasteiger partial charge on any atom is 0.228 e. The molecule has 0 atom stereocenters. The standard InChI is InChI=1S/C17H20N2O4.ClH/c1-21-14-9-13(10-15(22-2)17(14)23-3)19-16(20)8-11-5-4-6-12(18)7-11;/h4-7,9-10H,8,18H2,1-3H3,(H,19,20);1H. The Bertz CT molecular complexity index is 682. The van der Waals surface area contributed by atoms with Crippen molar-refractivity contribution >= 4 is 29.7 Å². The normalized spacial score (nSPS) is 9.62. The molecule has 0 heterocycles. The average Bonchev–Trinajstić information content (AvgIpc) is 2.53. The van der Waals surface area contributed by atoms with E-state index in [9.17, 15) is 4.79 Å². The van der Waals surface area contributed by atoms with Gasteiger partial charge in [0.2, 0.25) is 11.7 Å². The highest BCUT2D eigenvalue weighted by Gasteiger charge is 2.14. The molecule has 0 spiro atoms. The Morgan fingerprint density at radius 1 is 1.04 bits per heavy atom. The van der Waals surface area contributed by atoms with Crippen LogP contribution in [0.25, 0.3) is 0 Å². The van der Waals surface area contributed by atoms with Crippen LogP contribution in [0.1, 0.15) is 5.56 Å². The largest absolute Gasteiger partial charge is 0.493 e. The predicted octanol–water partition coefficient (Wildman–Crippen LogP) is 2.90. The van der Waals surface area contributed by atoms with Crippen LogP contribution in [0.4, 0.5) is 11.4 Å². The number of nitrogens with one attached hydrogen (secondary N) is 1. The molecule has 6 nitrogen and oxygen atoms in total. The van der Waals surface area contributed by atoms with Gasteiger partial charge in [-0.2, -0.15) is 0 Å². The first-order valence-electron chi connectivity index (χ1n) is 7.01. The van der Waals surface area contributed by atoms with E-state index in [4.69, 9.17) is 19.9 Å². The summed E-state index contributed by atoms with van der Waals surface area (Å²) in [6.45, 7) is 0. The summed E-state index contributed by atoms with van der Waals surface area (Å²) in [4.78, 5) is 12.2. The summed E-state index contributed by atoms with van der Waals surface area (Å²) in [5.41, 5.74) is 7.75. The number of anilines is 2. The van der Waals surface area contributed by atoms with Crippen molar-refractivity contribution in [3.05, 3.63) is 42.0 Å². The first-order valence-corrected chi connectivity index (χ1v) is 7.01. The number of hydrogen-bond donors (Lipinski definition) is 2. The van der Waals surface area contributed by atoms with Crippen molar-refractivity contribution in [2.75, 3.05) is 32.4 Å². The van der Waals surface area contributed by atoms with Crippen LogP contribution in [0.5, 0.6) is 17.2 Å². The zero-order chi connectivity index (χ0) is 16.8. The molecule has 3 N–H and O–H groups in total. The Morgan fingerprint density at radius 3 is 2.17 bits per heavy atom. The van der Waals surface area contributed by atoms with Crippen LogP contribution in [-0.2, 0) is 11.2 Å². The molecular weight excluding hydrogens is 332 g/mol. The number of hydrogen-bond acceptors (Lipinski definition) is 5. The number of ether oxygens (including phenoxy) is 3. The number of benzene rings is 2. The zero-order valence-electron chi connectivity index (χ0n) is 13.8. The maximum absolute atomic E-state index is 12.2. The Labute approximate surface area is 147 Å². The maximum atomic E-state index is 12.2. The van der Waals surface area contributed by atoms with Gasteiger partial charge in [-0.05, 0) is 17.7 Å². The third-order valence-electron chi connectivity index (χ3n) is 3.26. The number of nitrogens with two attached hydrogens (primary N) is 1. The van der Waals surface area contributed by atoms with Crippen LogP contribution in [0.2, 0.25) is 0 Å². The molecule has 0 aliphatic rings. The third-order valence-corrected chi connectivity index (χ3v) is 3.26. The lowest BCUT2D eigenvalue weighted by atomic mass is 10.1. The number of amides is 1. The number of rotatable bonds is 6. The van der Waals surface area contributed by atoms with Crippen LogP contribution in [0.15, 0.2) is 36.4 Å². The Kier molecular flexibility index (Phi) is 7.20. The van der Waals surface area contributed by atoms with Crippen molar-refractivity contribution < 1.29 is 19.0 Å². The van der Waals surface area contributed by atoms with Crippen LogP contribution < -0.4 is 25.3 Å². The summed E-state index contributed by atoms with van der Waals surface area (Å²) < 4.78 is 15.8. The Morgan fingerprint density at radius 2 is 1.67 bits per heavy atom. The number of methoxy groups -OCH3 is 3. The molecule has 0 saturated heterocycles. The van der Waals surface area contributed by atoms with Gasteiger partial charge in [-0.15, -0.1) is 12.4 Å². The monoisotopic (exact) mass is 352 g/mol. The van der Waals surface area contributed by atoms with Crippen molar-refractivity contribution in [2.45, 2.75) is 6.42 Å². The van der Waals surface area contributed by atoms with Crippen molar-refractivity contribution in [1.82, 2.24) is 0 Å². The van der Waals surface area contributed by atoms with Gasteiger partial charge in [-0.1, -0.05) is 12.1 Å². The molecule has 0 saturated carbocycles. The van der Waals surface area contributed by atoms with E-state index >= 15 is 0 Å². The summed E-state index contributed by atoms with van der Waals surface area (Å²) in [7, 11) is 4.57. The van der Waals surface area contributed by atoms with E-state index < -0.39 is 0 Å². The van der Waals surface area contributed by atoms with Gasteiger partial charge >= 0.3 is 0 Å². The molecule has 0 aliphatic heterocycles. The topological polar surface area (TPSA) is 82.8 Å². The molecule has 130 valence electrons. The molecule has 0 aromatic heterocycles. The summed E-state index contributed by atoms with van der Waals surface area (Å²) in [5, 5.41) is 2.82. The van der Waals surface area contributed by atoms with Crippen molar-refractivity contribution in [2.24, 2.45) is 0 Å². The van der Waals surface area contributed by atoms with E-state index in [1.54, 1.807) is 24.3 Å². The number of carbonyl (C=O) groups excluding carboxylic acids is 1. The fraction of sp³-hybridized carbons (Fsp3) is 0.235. The summed E-state index contributed by atoms with van der Waals surface area (Å²) in [5.74, 6) is 1.27. The fourth-order valence-corrected chi connectivity index (χ4v) is 2.25. The second kappa shape index (κ2) is 8.88. The lowest BCUT2D eigenvalue weighted by Crippen LogP contribution is -2.14. The molecule has 7 heteroatoms. The molecule has 0 fully saturated rings. The Hall–Kier alpha value is -2.60. The highest BCUT2D eigenvalue weighted by Crippen LogP contribution is 2.39. The molecule has 0 aliphatic carbocycles. The first kappa shape index (κ1) is 19.4. The van der Waals surface area contributed by atoms with E-state index in [0.29, 0.717) is 28.6 Å². The van der Waals surface area contributed by atoms with Crippen LogP contribution >= 0.6 is 12.4 Å². The van der Waals surface area contributed by atoms with Gasteiger partial charge in [0.25, 0.3) is 0 Å². The first-order chi connectivity index (χ1) is 11.1. The van der Waals surface area contributed by atoms with Gasteiger partial charge in [-0.25, -0.2) is 0 Å². The Balaban J connectivity index is 0.00000288. The molecule has 2 aromatic carbocycles. The highest BCUT2D eigenvalue weighted by molar-refractivity contribution is 5.93. The van der Waals surface area contributed by atoms with Gasteiger partial charge in [-0.3, -0.25) is 4.79 Å². The molecule has 2 rings (SSSR count). The number of nitrogen functional groups attached to an aromatic ring is 1. The molecule has 0 radical (unpaired) electrons. The lowest BCUT2D eigenvalue weighted by Gasteiger charge is -2.14. The summed E-state index contributed by atoms with van der Waals surface area (Å²) >= 11 is 0. The van der Waals surface area contributed by atoms with E-state index in [1.165, 1.54) is 21.3 Å². The molecule has 0 unspecified atom stereocenters. The van der Waals surface area contributed by atoms with Crippen LogP contribution in [0.3, 0.4) is 0 Å². The van der Waals surface area contributed by atoms with E-state index in [-0.39, 0.29) is 24.7 Å². The van der Waals surface area contributed by atoms with Gasteiger partial charge in [0.15, 0.2) is 11.5 Å². The molecule has 24 heavy (non-hydrogen) atoms. The predicted molar refractivity (Wildman–Crippen MR) is 96.5 cm³/mol. The highest BCUT2D eigenvalue weighted by atomic mass is 35.5. The second-order valence-electron chi connectivity index (χ2n) is 4.88. The quantitative estimate of drug-likeness (QED) is 0.781. The molecule has 0 bridgehead atoms. The molecule has 2 aromatic rings. The fourth-order valence-electron chi connectivity index (χ4n) is 2.25. The zero-order valence-corrected chi connectivity index (χ0v) is 14.6. The van der Waals surface area contributed by atoms with Gasteiger partial charge < -0.3 is 25.3 Å². The SMILES string of the molecule is COc1cc(NC(=O)Cc2cccc(N)c2)cc(OC)c1OC.Cl. The molecular formula is C17H21ClN2O4. The van der Waals surface area contributed by atoms with Gasteiger partial charge in [0.05, 0.1) is 27.8 Å². The second-order valence-corrected chi connectivity index (χ2v) is 4.88. The van der Waals surface area contributed by atoms with E-state index in [0.717, 1.165) is 5.56 Å². The van der Waals surface area contributed by atoms with Crippen molar-refractivity contribution in [3.8, 4) is 17.2 Å².